The van der Waals surface area contributed by atoms with Gasteiger partial charge in [-0.3, -0.25) is 0 Å². The van der Waals surface area contributed by atoms with E-state index in [2.05, 4.69) is 4.31 Å². The van der Waals surface area contributed by atoms with Gasteiger partial charge in [-0.05, 0) is 0 Å². The maximum absolute atomic E-state index is 9.39. The van der Waals surface area contributed by atoms with Crippen LogP contribution in [0.4, 0.5) is 0 Å². The molecular weight excluding hydrogens is 351 g/mol. The summed E-state index contributed by atoms with van der Waals surface area (Å²) in [6.45, 7) is 0. The molecule has 0 heterocycles. The minimum atomic E-state index is -2.92. The van der Waals surface area contributed by atoms with Gasteiger partial charge in [-0.25, -0.2) is 0 Å². The molecule has 2 atom stereocenters. The van der Waals surface area contributed by atoms with Gasteiger partial charge in [-0.15, -0.1) is 9.79 Å². The van der Waals surface area contributed by atoms with Crippen molar-refractivity contribution in [2.75, 3.05) is 0 Å². The van der Waals surface area contributed by atoms with Crippen LogP contribution < -0.4 is 0 Å². The molecular formula is H2BiO5P2+2. The van der Waals surface area contributed by atoms with Crippen molar-refractivity contribution >= 4 is 42.7 Å². The van der Waals surface area contributed by atoms with E-state index in [0.29, 0.717) is 0 Å². The topological polar surface area (TPSA) is 83.8 Å². The van der Waals surface area contributed by atoms with Crippen LogP contribution in [0.5, 0.6) is 0 Å². The smallest absolute Gasteiger partial charge is 0.131 e. The first-order chi connectivity index (χ1) is 3.13. The summed E-state index contributed by atoms with van der Waals surface area (Å²) in [6.07, 6.45) is 0. The Balaban J connectivity index is 0. The Morgan fingerprint density at radius 3 is 1.38 bits per heavy atom. The average Bonchev–Trinajstić information content (AvgIpc) is 1.27. The molecule has 0 amide bonds. The van der Waals surface area contributed by atoms with Gasteiger partial charge in [0.2, 0.25) is 0 Å². The van der Waals surface area contributed by atoms with Crippen LogP contribution in [0.1, 0.15) is 0 Å². The van der Waals surface area contributed by atoms with E-state index in [1.165, 1.54) is 0 Å². The molecule has 0 aromatic rings. The second-order valence-electron chi connectivity index (χ2n) is 0.557. The van der Waals surface area contributed by atoms with E-state index in [4.69, 9.17) is 9.79 Å². The molecule has 2 unspecified atom stereocenters. The molecule has 0 aliphatic heterocycles. The van der Waals surface area contributed by atoms with Gasteiger partial charge in [0.25, 0.3) is 0 Å². The molecule has 0 saturated heterocycles. The normalized spacial score (nSPS) is 11.8. The third kappa shape index (κ3) is 10.1. The van der Waals surface area contributed by atoms with Gasteiger partial charge in [0.05, 0.1) is 0 Å². The van der Waals surface area contributed by atoms with Gasteiger partial charge in [0.1, 0.15) is 0 Å². The molecule has 0 spiro atoms. The van der Waals surface area contributed by atoms with E-state index in [1.54, 1.807) is 0 Å². The van der Waals surface area contributed by atoms with Crippen LogP contribution in [-0.2, 0) is 13.4 Å². The molecule has 3 radical (unpaired) electrons. The zero-order valence-electron chi connectivity index (χ0n) is 3.46. The zero-order valence-corrected chi connectivity index (χ0v) is 8.73. The molecule has 0 saturated carbocycles. The summed E-state index contributed by atoms with van der Waals surface area (Å²) in [5.41, 5.74) is 0. The SMILES string of the molecule is O=[P+](O)O[P+](=O)O.[Bi]. The molecule has 0 aromatic heterocycles. The van der Waals surface area contributed by atoms with Crippen molar-refractivity contribution in [1.29, 1.82) is 0 Å². The van der Waals surface area contributed by atoms with Crippen LogP contribution in [0.25, 0.3) is 0 Å². The Hall–Kier alpha value is 0.963. The average molecular weight is 353 g/mol. The van der Waals surface area contributed by atoms with Crippen LogP contribution in [-0.4, -0.2) is 36.0 Å². The van der Waals surface area contributed by atoms with Crippen molar-refractivity contribution in [3.63, 3.8) is 0 Å². The van der Waals surface area contributed by atoms with Crippen molar-refractivity contribution in [3.05, 3.63) is 0 Å². The fraction of sp³-hybridized carbons (Fsp3) is 0. The van der Waals surface area contributed by atoms with E-state index in [-0.39, 0.29) is 26.2 Å². The minimum absolute atomic E-state index is 0. The summed E-state index contributed by atoms with van der Waals surface area (Å²) in [7, 11) is -5.85. The Morgan fingerprint density at radius 2 is 1.38 bits per heavy atom. The van der Waals surface area contributed by atoms with Crippen LogP contribution in [0.2, 0.25) is 0 Å². The Morgan fingerprint density at radius 1 is 1.12 bits per heavy atom. The minimum Gasteiger partial charge on any atom is -0.131 e. The first-order valence-corrected chi connectivity index (χ1v) is 3.39. The zero-order chi connectivity index (χ0) is 5.86. The Kier molecular flexibility index (Phi) is 8.92. The molecule has 45 valence electrons. The monoisotopic (exact) mass is 353 g/mol. The van der Waals surface area contributed by atoms with Crippen molar-refractivity contribution in [2.24, 2.45) is 0 Å². The molecule has 0 aromatic carbocycles. The summed E-state index contributed by atoms with van der Waals surface area (Å²) in [5, 5.41) is 0. The van der Waals surface area contributed by atoms with Crippen molar-refractivity contribution in [1.82, 2.24) is 0 Å². The molecule has 5 nitrogen and oxygen atoms in total. The van der Waals surface area contributed by atoms with Gasteiger partial charge in [-0.2, -0.15) is 0 Å². The fourth-order valence-electron chi connectivity index (χ4n) is 0.0598. The third-order valence-electron chi connectivity index (χ3n) is 0.140. The van der Waals surface area contributed by atoms with Gasteiger partial charge in [-0.1, -0.05) is 0 Å². The van der Waals surface area contributed by atoms with E-state index >= 15 is 0 Å². The van der Waals surface area contributed by atoms with Crippen LogP contribution in [0, 0.1) is 0 Å². The van der Waals surface area contributed by atoms with Gasteiger partial charge in [0.15, 0.2) is 4.31 Å². The second-order valence-corrected chi connectivity index (χ2v) is 2.16. The number of hydrogen-bond donors (Lipinski definition) is 2. The molecule has 0 bridgehead atoms. The Bertz CT molecular complexity index is 86.6. The molecule has 0 rings (SSSR count). The second kappa shape index (κ2) is 6.09. The molecule has 8 heteroatoms. The summed E-state index contributed by atoms with van der Waals surface area (Å²) < 4.78 is 22.2. The first-order valence-electron chi connectivity index (χ1n) is 1.13. The summed E-state index contributed by atoms with van der Waals surface area (Å²) in [6, 6.07) is 0. The van der Waals surface area contributed by atoms with E-state index in [1.807, 2.05) is 0 Å². The number of hydrogen-bond acceptors (Lipinski definition) is 3. The molecule has 2 N–H and O–H groups in total. The third-order valence-corrected chi connectivity index (χ3v) is 1.26. The van der Waals surface area contributed by atoms with Gasteiger partial charge in [0, 0.05) is 35.3 Å². The van der Waals surface area contributed by atoms with Gasteiger partial charge >= 0.3 is 16.5 Å². The van der Waals surface area contributed by atoms with Crippen molar-refractivity contribution in [3.8, 4) is 0 Å². The first kappa shape index (κ1) is 11.7. The fourth-order valence-corrected chi connectivity index (χ4v) is 0.538. The molecule has 0 fully saturated rings. The van der Waals surface area contributed by atoms with E-state index in [9.17, 15) is 9.13 Å². The maximum Gasteiger partial charge on any atom is 0.745 e. The van der Waals surface area contributed by atoms with Crippen LogP contribution >= 0.6 is 16.5 Å². The van der Waals surface area contributed by atoms with E-state index in [0.717, 1.165) is 0 Å². The van der Waals surface area contributed by atoms with E-state index < -0.39 is 16.5 Å². The predicted molar refractivity (Wildman–Crippen MR) is 26.5 cm³/mol. The number of rotatable bonds is 2. The largest absolute Gasteiger partial charge is 0.745 e. The molecule has 0 aliphatic carbocycles. The van der Waals surface area contributed by atoms with Gasteiger partial charge < -0.3 is 0 Å². The van der Waals surface area contributed by atoms with Crippen LogP contribution in [0.3, 0.4) is 0 Å². The maximum atomic E-state index is 9.39. The van der Waals surface area contributed by atoms with Crippen LogP contribution in [0.15, 0.2) is 0 Å². The van der Waals surface area contributed by atoms with Crippen molar-refractivity contribution < 1.29 is 23.2 Å². The quantitative estimate of drug-likeness (QED) is 0.536. The predicted octanol–water partition coefficient (Wildman–Crippen LogP) is -0.0784. The van der Waals surface area contributed by atoms with Crippen molar-refractivity contribution in [2.45, 2.75) is 0 Å². The summed E-state index contributed by atoms with van der Waals surface area (Å²) >= 11 is 0. The summed E-state index contributed by atoms with van der Waals surface area (Å²) in [5.74, 6) is 0. The Labute approximate surface area is 66.1 Å². The molecule has 0 aliphatic rings. The molecule has 8 heavy (non-hydrogen) atoms. The summed E-state index contributed by atoms with van der Waals surface area (Å²) in [4.78, 5) is 15.3. The standard InChI is InChI=1S/Bi.O5P2/c;1-6(2)5-7(3)4/p+2.